The summed E-state index contributed by atoms with van der Waals surface area (Å²) in [7, 11) is 0. The van der Waals surface area contributed by atoms with Crippen LogP contribution in [0.5, 0.6) is 5.75 Å². The quantitative estimate of drug-likeness (QED) is 0.665. The van der Waals surface area contributed by atoms with Crippen LogP contribution in [0.15, 0.2) is 24.3 Å². The second kappa shape index (κ2) is 3.29. The van der Waals surface area contributed by atoms with Gasteiger partial charge in [0, 0.05) is 12.0 Å². The molecular formula is C11H10BrNO. The molecular weight excluding hydrogens is 242 g/mol. The molecule has 0 saturated heterocycles. The van der Waals surface area contributed by atoms with Crippen molar-refractivity contribution in [2.24, 2.45) is 0 Å². The Bertz CT molecular complexity index is 399. The molecule has 1 heterocycles. The van der Waals surface area contributed by atoms with Crippen molar-refractivity contribution in [1.29, 1.82) is 5.26 Å². The lowest BCUT2D eigenvalue weighted by atomic mass is 9.79. The molecule has 3 heteroatoms. The zero-order valence-corrected chi connectivity index (χ0v) is 9.41. The normalized spacial score (nSPS) is 29.9. The van der Waals surface area contributed by atoms with Gasteiger partial charge < -0.3 is 4.74 Å². The van der Waals surface area contributed by atoms with E-state index in [9.17, 15) is 5.26 Å². The molecule has 2 nitrogen and oxygen atoms in total. The van der Waals surface area contributed by atoms with E-state index >= 15 is 0 Å². The van der Waals surface area contributed by atoms with Crippen molar-refractivity contribution in [3.05, 3.63) is 29.8 Å². The molecule has 1 aromatic carbocycles. The number of benzene rings is 1. The Kier molecular flexibility index (Phi) is 2.24. The summed E-state index contributed by atoms with van der Waals surface area (Å²) in [6, 6.07) is 10.1. The Morgan fingerprint density at radius 3 is 3.00 bits per heavy atom. The monoisotopic (exact) mass is 251 g/mol. The van der Waals surface area contributed by atoms with Gasteiger partial charge in [0.05, 0.1) is 11.5 Å². The summed E-state index contributed by atoms with van der Waals surface area (Å²) in [6.07, 6.45) is 0.681. The van der Waals surface area contributed by atoms with E-state index in [-0.39, 0.29) is 5.01 Å². The van der Waals surface area contributed by atoms with Crippen LogP contribution in [0.2, 0.25) is 0 Å². The topological polar surface area (TPSA) is 33.0 Å². The van der Waals surface area contributed by atoms with Gasteiger partial charge in [-0.2, -0.15) is 5.26 Å². The molecule has 0 aliphatic carbocycles. The minimum atomic E-state index is -0.441. The van der Waals surface area contributed by atoms with Gasteiger partial charge in [-0.1, -0.05) is 18.2 Å². The van der Waals surface area contributed by atoms with Crippen molar-refractivity contribution < 1.29 is 4.74 Å². The predicted octanol–water partition coefficient (Wildman–Crippen LogP) is 2.97. The van der Waals surface area contributed by atoms with E-state index in [0.29, 0.717) is 6.42 Å². The number of para-hydroxylation sites is 1. The molecule has 1 aliphatic heterocycles. The van der Waals surface area contributed by atoms with Crippen LogP contribution in [0.4, 0.5) is 0 Å². The van der Waals surface area contributed by atoms with E-state index in [1.807, 2.05) is 31.2 Å². The number of ether oxygens (including phenoxy) is 1. The van der Waals surface area contributed by atoms with Gasteiger partial charge in [-0.25, -0.2) is 0 Å². The number of hydrogen-bond donors (Lipinski definition) is 0. The van der Waals surface area contributed by atoms with Crippen molar-refractivity contribution in [2.45, 2.75) is 23.8 Å². The molecule has 0 fully saturated rings. The maximum absolute atomic E-state index is 9.19. The molecule has 0 saturated carbocycles. The highest BCUT2D eigenvalue weighted by Gasteiger charge is 2.37. The Morgan fingerprint density at radius 1 is 1.57 bits per heavy atom. The van der Waals surface area contributed by atoms with Crippen LogP contribution in [0, 0.1) is 11.3 Å². The van der Waals surface area contributed by atoms with Crippen molar-refractivity contribution in [1.82, 2.24) is 0 Å². The molecule has 0 radical (unpaired) electrons. The molecule has 1 aliphatic rings. The minimum absolute atomic E-state index is 0.0675. The Hall–Kier alpha value is -1.01. The van der Waals surface area contributed by atoms with Crippen molar-refractivity contribution in [3.8, 4) is 11.8 Å². The molecule has 2 rings (SSSR count). The van der Waals surface area contributed by atoms with Gasteiger partial charge >= 0.3 is 0 Å². The van der Waals surface area contributed by atoms with Gasteiger partial charge in [-0.15, -0.1) is 0 Å². The standard InChI is InChI=1S/C11H10BrNO/c1-11(7-13)6-10(12)14-9-5-3-2-4-8(9)11/h2-5,10H,6H2,1H3. The van der Waals surface area contributed by atoms with E-state index in [1.165, 1.54) is 0 Å². The molecule has 2 unspecified atom stereocenters. The fourth-order valence-corrected chi connectivity index (χ4v) is 2.59. The molecule has 0 spiro atoms. The number of rotatable bonds is 0. The van der Waals surface area contributed by atoms with E-state index in [0.717, 1.165) is 11.3 Å². The molecule has 72 valence electrons. The maximum atomic E-state index is 9.19. The maximum Gasteiger partial charge on any atom is 0.155 e. The Balaban J connectivity index is 2.55. The summed E-state index contributed by atoms with van der Waals surface area (Å²) >= 11 is 3.40. The third-order valence-electron chi connectivity index (χ3n) is 2.55. The van der Waals surface area contributed by atoms with E-state index in [1.54, 1.807) is 0 Å². The lowest BCUT2D eigenvalue weighted by Gasteiger charge is -2.32. The van der Waals surface area contributed by atoms with Gasteiger partial charge in [-0.05, 0) is 28.9 Å². The first kappa shape index (κ1) is 9.54. The summed E-state index contributed by atoms with van der Waals surface area (Å²) in [4.78, 5) is 0. The van der Waals surface area contributed by atoms with Crippen LogP contribution in [-0.4, -0.2) is 5.01 Å². The minimum Gasteiger partial charge on any atom is -0.479 e. The third kappa shape index (κ3) is 1.40. The average Bonchev–Trinajstić information content (AvgIpc) is 2.17. The van der Waals surface area contributed by atoms with Crippen LogP contribution >= 0.6 is 15.9 Å². The highest BCUT2D eigenvalue weighted by atomic mass is 79.9. The lowest BCUT2D eigenvalue weighted by molar-refractivity contribution is 0.226. The summed E-state index contributed by atoms with van der Waals surface area (Å²) < 4.78 is 5.59. The molecule has 0 amide bonds. The zero-order chi connectivity index (χ0) is 10.2. The van der Waals surface area contributed by atoms with Crippen LogP contribution in [0.25, 0.3) is 0 Å². The summed E-state index contributed by atoms with van der Waals surface area (Å²) in [5.41, 5.74) is 0.543. The first-order valence-corrected chi connectivity index (χ1v) is 5.39. The molecule has 14 heavy (non-hydrogen) atoms. The third-order valence-corrected chi connectivity index (χ3v) is 3.06. The first-order valence-electron chi connectivity index (χ1n) is 4.47. The molecule has 0 bridgehead atoms. The van der Waals surface area contributed by atoms with E-state index in [4.69, 9.17) is 4.74 Å². The summed E-state index contributed by atoms with van der Waals surface area (Å²) in [5.74, 6) is 0.810. The van der Waals surface area contributed by atoms with Crippen LogP contribution in [-0.2, 0) is 5.41 Å². The molecule has 2 atom stereocenters. The summed E-state index contributed by atoms with van der Waals surface area (Å²) in [6.45, 7) is 1.95. The fourth-order valence-electron chi connectivity index (χ4n) is 1.74. The van der Waals surface area contributed by atoms with Gasteiger partial charge in [0.25, 0.3) is 0 Å². The number of halogens is 1. The molecule has 0 N–H and O–H groups in total. The Morgan fingerprint density at radius 2 is 2.29 bits per heavy atom. The highest BCUT2D eigenvalue weighted by Crippen LogP contribution is 2.41. The molecule has 0 aromatic heterocycles. The van der Waals surface area contributed by atoms with Gasteiger partial charge in [0.1, 0.15) is 5.75 Å². The Labute approximate surface area is 91.6 Å². The zero-order valence-electron chi connectivity index (χ0n) is 7.83. The second-order valence-electron chi connectivity index (χ2n) is 3.67. The van der Waals surface area contributed by atoms with Crippen LogP contribution in [0.1, 0.15) is 18.9 Å². The largest absolute Gasteiger partial charge is 0.479 e. The van der Waals surface area contributed by atoms with Crippen molar-refractivity contribution in [2.75, 3.05) is 0 Å². The number of nitrogens with zero attached hydrogens (tertiary/aromatic N) is 1. The first-order chi connectivity index (χ1) is 6.65. The highest BCUT2D eigenvalue weighted by molar-refractivity contribution is 9.09. The van der Waals surface area contributed by atoms with Gasteiger partial charge in [0.15, 0.2) is 5.01 Å². The van der Waals surface area contributed by atoms with Crippen LogP contribution < -0.4 is 4.74 Å². The number of alkyl halides is 1. The smallest absolute Gasteiger partial charge is 0.155 e. The number of nitriles is 1. The second-order valence-corrected chi connectivity index (χ2v) is 4.69. The van der Waals surface area contributed by atoms with Crippen LogP contribution in [0.3, 0.4) is 0 Å². The average molecular weight is 252 g/mol. The number of fused-ring (bicyclic) bond motifs is 1. The van der Waals surface area contributed by atoms with E-state index in [2.05, 4.69) is 22.0 Å². The van der Waals surface area contributed by atoms with Crippen molar-refractivity contribution in [3.63, 3.8) is 0 Å². The van der Waals surface area contributed by atoms with E-state index < -0.39 is 5.41 Å². The fraction of sp³-hybridized carbons (Fsp3) is 0.364. The molecule has 1 aromatic rings. The number of hydrogen-bond acceptors (Lipinski definition) is 2. The lowest BCUT2D eigenvalue weighted by Crippen LogP contribution is -2.32. The predicted molar refractivity (Wildman–Crippen MR) is 57.4 cm³/mol. The van der Waals surface area contributed by atoms with Gasteiger partial charge in [0.2, 0.25) is 0 Å². The SMILES string of the molecule is CC1(C#N)CC(Br)Oc2ccccc21. The summed E-state index contributed by atoms with van der Waals surface area (Å²) in [5, 5.41) is 9.12. The van der Waals surface area contributed by atoms with Crippen molar-refractivity contribution >= 4 is 15.9 Å². The van der Waals surface area contributed by atoms with Gasteiger partial charge in [-0.3, -0.25) is 0 Å².